The van der Waals surface area contributed by atoms with Gasteiger partial charge in [-0.1, -0.05) is 0 Å². The van der Waals surface area contributed by atoms with E-state index in [1.54, 1.807) is 13.0 Å². The highest BCUT2D eigenvalue weighted by atomic mass is 19.4. The zero-order valence-corrected chi connectivity index (χ0v) is 18.3. The number of Topliss-reactive ketones (excluding diaryl/α,β-unsaturated/α-hetero) is 1. The summed E-state index contributed by atoms with van der Waals surface area (Å²) < 4.78 is 48.9. The van der Waals surface area contributed by atoms with E-state index in [2.05, 4.69) is 9.97 Å². The van der Waals surface area contributed by atoms with Gasteiger partial charge in [0.1, 0.15) is 11.9 Å². The smallest absolute Gasteiger partial charge is 0.374 e. The van der Waals surface area contributed by atoms with Crippen molar-refractivity contribution >= 4 is 17.5 Å². The Morgan fingerprint density at radius 1 is 1.36 bits per heavy atom. The molecule has 0 N–H and O–H groups in total. The van der Waals surface area contributed by atoms with Crippen LogP contribution in [0.3, 0.4) is 0 Å². The lowest BCUT2D eigenvalue weighted by molar-refractivity contribution is -0.152. The third-order valence-electron chi connectivity index (χ3n) is 6.84. The van der Waals surface area contributed by atoms with Crippen LogP contribution in [0.4, 0.5) is 24.9 Å². The van der Waals surface area contributed by atoms with Crippen LogP contribution in [-0.4, -0.2) is 63.9 Å². The number of aryl methyl sites for hydroxylation is 1. The first-order chi connectivity index (χ1) is 15.6. The van der Waals surface area contributed by atoms with Crippen LogP contribution in [0.15, 0.2) is 29.2 Å². The fourth-order valence-corrected chi connectivity index (χ4v) is 5.14. The molecule has 8 nitrogen and oxygen atoms in total. The second kappa shape index (κ2) is 7.54. The molecule has 5 heterocycles. The summed E-state index contributed by atoms with van der Waals surface area (Å²) in [6.45, 7) is 3.92. The summed E-state index contributed by atoms with van der Waals surface area (Å²) in [6.07, 6.45) is -2.64. The molecule has 0 radical (unpaired) electrons. The number of halogens is 3. The predicted molar refractivity (Wildman–Crippen MR) is 114 cm³/mol. The van der Waals surface area contributed by atoms with Gasteiger partial charge >= 0.3 is 6.18 Å². The van der Waals surface area contributed by atoms with Crippen molar-refractivity contribution in [1.82, 2.24) is 14.5 Å². The maximum Gasteiger partial charge on any atom is 0.408 e. The van der Waals surface area contributed by atoms with Crippen LogP contribution in [0.5, 0.6) is 0 Å². The molecule has 3 aliphatic heterocycles. The fourth-order valence-electron chi connectivity index (χ4n) is 5.14. The molecule has 0 amide bonds. The number of morpholine rings is 1. The van der Waals surface area contributed by atoms with Gasteiger partial charge in [0, 0.05) is 43.0 Å². The summed E-state index contributed by atoms with van der Waals surface area (Å²) in [5.41, 5.74) is -0.120. The minimum Gasteiger partial charge on any atom is -0.374 e. The first-order valence-electron chi connectivity index (χ1n) is 10.9. The normalized spacial score (nSPS) is 26.6. The summed E-state index contributed by atoms with van der Waals surface area (Å²) >= 11 is 0. The number of rotatable bonds is 4. The number of hydrogen-bond acceptors (Lipinski definition) is 7. The molecule has 2 aromatic heterocycles. The van der Waals surface area contributed by atoms with Crippen molar-refractivity contribution in [2.75, 3.05) is 29.5 Å². The van der Waals surface area contributed by atoms with Crippen LogP contribution in [0.1, 0.15) is 35.8 Å². The van der Waals surface area contributed by atoms with Crippen molar-refractivity contribution in [2.45, 2.75) is 57.1 Å². The van der Waals surface area contributed by atoms with Gasteiger partial charge in [-0.2, -0.15) is 18.2 Å². The quantitative estimate of drug-likeness (QED) is 0.644. The van der Waals surface area contributed by atoms with Crippen LogP contribution in [0.25, 0.3) is 0 Å². The maximum atomic E-state index is 14.0. The SMILES string of the molecule is Cc1ncccc1C(=O)CN1c2nc(N3CC4CC3(C)CO4)cc(=O)n2CCC1C(F)(F)F. The number of anilines is 2. The molecular weight excluding hydrogens is 439 g/mol. The van der Waals surface area contributed by atoms with E-state index in [0.717, 1.165) is 11.3 Å². The molecule has 3 atom stereocenters. The van der Waals surface area contributed by atoms with E-state index in [1.807, 2.05) is 11.8 Å². The summed E-state index contributed by atoms with van der Waals surface area (Å²) in [4.78, 5) is 37.4. The van der Waals surface area contributed by atoms with Gasteiger partial charge in [-0.15, -0.1) is 0 Å². The Balaban J connectivity index is 1.57. The third kappa shape index (κ3) is 3.68. The van der Waals surface area contributed by atoms with E-state index in [9.17, 15) is 22.8 Å². The van der Waals surface area contributed by atoms with E-state index in [-0.39, 0.29) is 36.1 Å². The molecule has 5 rings (SSSR count). The van der Waals surface area contributed by atoms with Crippen molar-refractivity contribution in [3.8, 4) is 0 Å². The van der Waals surface area contributed by atoms with Crippen molar-refractivity contribution < 1.29 is 22.7 Å². The Bertz CT molecular complexity index is 1170. The number of ketones is 1. The number of alkyl halides is 3. The molecule has 2 saturated heterocycles. The fraction of sp³-hybridized carbons (Fsp3) is 0.545. The standard InChI is InChI=1S/C22H24F3N5O3/c1-13-15(4-3-6-26-13)16(31)11-29-17(22(23,24)25)5-7-28-19(32)8-18(27-20(28)29)30-10-14-9-21(30,2)12-33-14/h3-4,6,8,14,17H,5,7,9-12H2,1-2H3. The lowest BCUT2D eigenvalue weighted by atomic mass is 10.0. The van der Waals surface area contributed by atoms with E-state index < -0.39 is 30.1 Å². The Morgan fingerprint density at radius 2 is 2.15 bits per heavy atom. The number of ether oxygens (including phenoxy) is 1. The first-order valence-corrected chi connectivity index (χ1v) is 10.9. The largest absolute Gasteiger partial charge is 0.408 e. The minimum atomic E-state index is -4.59. The highest BCUT2D eigenvalue weighted by Crippen LogP contribution is 2.41. The van der Waals surface area contributed by atoms with Crippen LogP contribution in [0.2, 0.25) is 0 Å². The van der Waals surface area contributed by atoms with Gasteiger partial charge in [-0.05, 0) is 32.4 Å². The average molecular weight is 463 g/mol. The molecule has 33 heavy (non-hydrogen) atoms. The topological polar surface area (TPSA) is 80.6 Å². The van der Waals surface area contributed by atoms with E-state index in [0.29, 0.717) is 24.7 Å². The molecule has 2 fully saturated rings. The minimum absolute atomic E-state index is 0.00440. The molecule has 0 aliphatic carbocycles. The summed E-state index contributed by atoms with van der Waals surface area (Å²) in [7, 11) is 0. The predicted octanol–water partition coefficient (Wildman–Crippen LogP) is 2.34. The van der Waals surface area contributed by atoms with Gasteiger partial charge < -0.3 is 14.5 Å². The maximum absolute atomic E-state index is 14.0. The lowest BCUT2D eigenvalue weighted by Gasteiger charge is -2.40. The zero-order chi connectivity index (χ0) is 23.5. The summed E-state index contributed by atoms with van der Waals surface area (Å²) in [5, 5.41) is 0. The molecule has 176 valence electrons. The number of nitrogens with zero attached hydrogens (tertiary/aromatic N) is 5. The second-order valence-electron chi connectivity index (χ2n) is 9.18. The van der Waals surface area contributed by atoms with Gasteiger partial charge in [0.05, 0.1) is 24.8 Å². The van der Waals surface area contributed by atoms with Crippen molar-refractivity contribution in [3.63, 3.8) is 0 Å². The van der Waals surface area contributed by atoms with Crippen LogP contribution in [0, 0.1) is 6.92 Å². The molecular formula is C22H24F3N5O3. The molecule has 3 unspecified atom stereocenters. The summed E-state index contributed by atoms with van der Waals surface area (Å²) in [6, 6.07) is 2.55. The van der Waals surface area contributed by atoms with Crippen molar-refractivity contribution in [1.29, 1.82) is 0 Å². The highest BCUT2D eigenvalue weighted by molar-refractivity contribution is 6.00. The Kier molecular flexibility index (Phi) is 5.00. The van der Waals surface area contributed by atoms with E-state index in [1.165, 1.54) is 22.9 Å². The number of carbonyl (C=O) groups is 1. The van der Waals surface area contributed by atoms with Crippen molar-refractivity contribution in [3.05, 3.63) is 46.0 Å². The van der Waals surface area contributed by atoms with E-state index >= 15 is 0 Å². The monoisotopic (exact) mass is 463 g/mol. The first kappa shape index (κ1) is 21.9. The lowest BCUT2D eigenvalue weighted by Crippen LogP contribution is -2.54. The molecule has 2 bridgehead atoms. The van der Waals surface area contributed by atoms with Crippen molar-refractivity contribution in [2.24, 2.45) is 0 Å². The number of aromatic nitrogens is 3. The number of pyridine rings is 1. The highest BCUT2D eigenvalue weighted by Gasteiger charge is 2.51. The average Bonchev–Trinajstić information content (AvgIpc) is 3.29. The van der Waals surface area contributed by atoms with Gasteiger partial charge in [-0.25, -0.2) is 0 Å². The molecule has 11 heteroatoms. The Hall–Kier alpha value is -2.95. The summed E-state index contributed by atoms with van der Waals surface area (Å²) in [5.74, 6) is -0.325. The Morgan fingerprint density at radius 3 is 2.79 bits per heavy atom. The third-order valence-corrected chi connectivity index (χ3v) is 6.84. The van der Waals surface area contributed by atoms with E-state index in [4.69, 9.17) is 4.74 Å². The molecule has 3 aliphatic rings. The number of hydrogen-bond donors (Lipinski definition) is 0. The molecule has 2 aromatic rings. The van der Waals surface area contributed by atoms with Gasteiger partial charge in [-0.3, -0.25) is 19.1 Å². The molecule has 0 saturated carbocycles. The van der Waals surface area contributed by atoms with Gasteiger partial charge in [0.2, 0.25) is 5.95 Å². The molecule has 0 spiro atoms. The Labute approximate surface area is 188 Å². The molecule has 0 aromatic carbocycles. The number of carbonyl (C=O) groups excluding carboxylic acids is 1. The van der Waals surface area contributed by atoms with Crippen LogP contribution >= 0.6 is 0 Å². The second-order valence-corrected chi connectivity index (χ2v) is 9.18. The van der Waals surface area contributed by atoms with Crippen LogP contribution < -0.4 is 15.4 Å². The zero-order valence-electron chi connectivity index (χ0n) is 18.3. The number of fused-ring (bicyclic) bond motifs is 3. The van der Waals surface area contributed by atoms with Crippen LogP contribution in [-0.2, 0) is 11.3 Å². The van der Waals surface area contributed by atoms with Gasteiger partial charge in [0.15, 0.2) is 5.78 Å². The van der Waals surface area contributed by atoms with Gasteiger partial charge in [0.25, 0.3) is 5.56 Å².